The minimum absolute atomic E-state index is 0.0108. The number of piperidine rings is 2. The lowest BCUT2D eigenvalue weighted by Crippen LogP contribution is -2.40. The van der Waals surface area contributed by atoms with Gasteiger partial charge in [-0.2, -0.15) is 0 Å². The van der Waals surface area contributed by atoms with Crippen molar-refractivity contribution in [2.24, 2.45) is 0 Å². The fourth-order valence-electron chi connectivity index (χ4n) is 5.22. The molecule has 1 aromatic heterocycles. The average molecular weight is 437 g/mol. The molecule has 32 heavy (non-hydrogen) atoms. The van der Waals surface area contributed by atoms with Gasteiger partial charge in [0.15, 0.2) is 11.6 Å². The number of benzene rings is 1. The number of oxazole rings is 1. The molecule has 0 atom stereocenters. The topological polar surface area (TPSA) is 78.7 Å². The van der Waals surface area contributed by atoms with Crippen molar-refractivity contribution in [1.82, 2.24) is 14.8 Å². The number of anilines is 1. The zero-order valence-electron chi connectivity index (χ0n) is 18.9. The van der Waals surface area contributed by atoms with Gasteiger partial charge in [-0.15, -0.1) is 0 Å². The van der Waals surface area contributed by atoms with Gasteiger partial charge in [0.25, 0.3) is 5.91 Å². The van der Waals surface area contributed by atoms with E-state index in [1.807, 2.05) is 22.8 Å². The zero-order valence-corrected chi connectivity index (χ0v) is 18.9. The van der Waals surface area contributed by atoms with Crippen molar-refractivity contribution in [1.29, 1.82) is 0 Å². The van der Waals surface area contributed by atoms with Crippen molar-refractivity contribution in [3.8, 4) is 0 Å². The van der Waals surface area contributed by atoms with Gasteiger partial charge in [-0.25, -0.2) is 9.78 Å². The molecule has 7 nitrogen and oxygen atoms in total. The van der Waals surface area contributed by atoms with Gasteiger partial charge in [0.2, 0.25) is 0 Å². The first-order valence-electron chi connectivity index (χ1n) is 12.0. The number of rotatable bonds is 3. The van der Waals surface area contributed by atoms with Crippen LogP contribution in [0.1, 0.15) is 77.7 Å². The van der Waals surface area contributed by atoms with Gasteiger partial charge in [-0.3, -0.25) is 4.79 Å². The van der Waals surface area contributed by atoms with Gasteiger partial charge < -0.3 is 19.5 Å². The first-order valence-corrected chi connectivity index (χ1v) is 12.0. The number of urea groups is 1. The number of aromatic nitrogens is 1. The molecule has 0 radical (unpaired) electrons. The number of aryl methyl sites for hydroxylation is 3. The van der Waals surface area contributed by atoms with E-state index < -0.39 is 0 Å². The molecule has 0 spiro atoms. The van der Waals surface area contributed by atoms with Crippen LogP contribution in [0.2, 0.25) is 0 Å². The summed E-state index contributed by atoms with van der Waals surface area (Å²) in [4.78, 5) is 34.0. The Kier molecular flexibility index (Phi) is 5.89. The number of fused-ring (bicyclic) bond motifs is 1. The zero-order chi connectivity index (χ0) is 22.1. The largest absolute Gasteiger partial charge is 0.445 e. The van der Waals surface area contributed by atoms with Gasteiger partial charge in [0.1, 0.15) is 5.76 Å². The number of hydrogen-bond donors (Lipinski definition) is 1. The Morgan fingerprint density at radius 3 is 2.50 bits per heavy atom. The fraction of sp³-hybridized carbons (Fsp3) is 0.560. The summed E-state index contributed by atoms with van der Waals surface area (Å²) in [6, 6.07) is 6.21. The Morgan fingerprint density at radius 2 is 1.72 bits per heavy atom. The van der Waals surface area contributed by atoms with E-state index in [1.165, 1.54) is 24.0 Å². The van der Waals surface area contributed by atoms with E-state index in [9.17, 15) is 9.59 Å². The highest BCUT2D eigenvalue weighted by molar-refractivity contribution is 5.93. The van der Waals surface area contributed by atoms with Crippen LogP contribution in [0.15, 0.2) is 22.6 Å². The lowest BCUT2D eigenvalue weighted by molar-refractivity contribution is 0.0717. The third-order valence-electron chi connectivity index (χ3n) is 7.14. The maximum atomic E-state index is 12.8. The minimum atomic E-state index is -0.0500. The second-order valence-electron chi connectivity index (χ2n) is 9.34. The molecular weight excluding hydrogens is 404 g/mol. The molecule has 3 amide bonds. The number of likely N-dealkylation sites (tertiary alicyclic amines) is 2. The van der Waals surface area contributed by atoms with E-state index >= 15 is 0 Å². The first kappa shape index (κ1) is 21.0. The predicted octanol–water partition coefficient (Wildman–Crippen LogP) is 4.51. The van der Waals surface area contributed by atoms with E-state index in [4.69, 9.17) is 4.42 Å². The van der Waals surface area contributed by atoms with Crippen molar-refractivity contribution in [3.05, 3.63) is 46.7 Å². The van der Waals surface area contributed by atoms with Crippen LogP contribution in [0.4, 0.5) is 10.5 Å². The van der Waals surface area contributed by atoms with Gasteiger partial charge in [-0.05, 0) is 81.5 Å². The monoisotopic (exact) mass is 436 g/mol. The second-order valence-corrected chi connectivity index (χ2v) is 9.34. The van der Waals surface area contributed by atoms with Crippen molar-refractivity contribution < 1.29 is 14.0 Å². The highest BCUT2D eigenvalue weighted by atomic mass is 16.4. The highest BCUT2D eigenvalue weighted by Crippen LogP contribution is 2.30. The van der Waals surface area contributed by atoms with Crippen molar-refractivity contribution in [2.45, 2.75) is 64.2 Å². The molecule has 1 N–H and O–H groups in total. The molecule has 2 saturated heterocycles. The third-order valence-corrected chi connectivity index (χ3v) is 7.14. The Morgan fingerprint density at radius 1 is 0.969 bits per heavy atom. The quantitative estimate of drug-likeness (QED) is 0.768. The lowest BCUT2D eigenvalue weighted by Gasteiger charge is -2.30. The lowest BCUT2D eigenvalue weighted by atomic mass is 9.97. The standard InChI is InChI=1S/C25H32N4O3/c1-17-22(24(30)28-12-3-2-4-13-28)27-23(32-17)19-10-14-29(15-11-19)25(31)26-21-9-8-18-6-5-7-20(18)16-21/h8-9,16,19H,2-7,10-15H2,1H3,(H,26,31). The van der Waals surface area contributed by atoms with E-state index in [-0.39, 0.29) is 17.9 Å². The number of amides is 3. The molecule has 0 saturated carbocycles. The Balaban J connectivity index is 1.17. The molecule has 2 fully saturated rings. The summed E-state index contributed by atoms with van der Waals surface area (Å²) < 4.78 is 5.92. The first-order chi connectivity index (χ1) is 15.6. The smallest absolute Gasteiger partial charge is 0.321 e. The summed E-state index contributed by atoms with van der Waals surface area (Å²) in [7, 11) is 0. The summed E-state index contributed by atoms with van der Waals surface area (Å²) in [5.74, 6) is 1.37. The van der Waals surface area contributed by atoms with E-state index in [2.05, 4.69) is 22.4 Å². The van der Waals surface area contributed by atoms with E-state index in [0.29, 0.717) is 30.4 Å². The van der Waals surface area contributed by atoms with Gasteiger partial charge in [-0.1, -0.05) is 6.07 Å². The normalized spacial score (nSPS) is 19.2. The molecular formula is C25H32N4O3. The summed E-state index contributed by atoms with van der Waals surface area (Å²) >= 11 is 0. The molecule has 2 aliphatic heterocycles. The molecule has 2 aromatic rings. The Bertz CT molecular complexity index is 1000. The number of carbonyl (C=O) groups is 2. The molecule has 3 aliphatic rings. The van der Waals surface area contributed by atoms with Crippen LogP contribution >= 0.6 is 0 Å². The van der Waals surface area contributed by atoms with Crippen LogP contribution in [0.3, 0.4) is 0 Å². The summed E-state index contributed by atoms with van der Waals surface area (Å²) in [5, 5.41) is 3.06. The average Bonchev–Trinajstić information content (AvgIpc) is 3.45. The van der Waals surface area contributed by atoms with Gasteiger partial charge in [0, 0.05) is 37.8 Å². The number of hydrogen-bond acceptors (Lipinski definition) is 4. The summed E-state index contributed by atoms with van der Waals surface area (Å²) in [6.45, 7) is 4.74. The molecule has 5 rings (SSSR count). The third kappa shape index (κ3) is 4.25. The number of carbonyl (C=O) groups excluding carboxylic acids is 2. The number of nitrogens with zero attached hydrogens (tertiary/aromatic N) is 3. The van der Waals surface area contributed by atoms with Crippen LogP contribution < -0.4 is 5.32 Å². The van der Waals surface area contributed by atoms with Crippen LogP contribution in [-0.4, -0.2) is 52.9 Å². The molecule has 170 valence electrons. The van der Waals surface area contributed by atoms with Crippen molar-refractivity contribution in [2.75, 3.05) is 31.5 Å². The molecule has 0 unspecified atom stereocenters. The van der Waals surface area contributed by atoms with Crippen LogP contribution in [0.5, 0.6) is 0 Å². The SMILES string of the molecule is Cc1oc(C2CCN(C(=O)Nc3ccc4c(c3)CCC4)CC2)nc1C(=O)N1CCCCC1. The molecule has 3 heterocycles. The maximum Gasteiger partial charge on any atom is 0.321 e. The van der Waals surface area contributed by atoms with Crippen LogP contribution in [-0.2, 0) is 12.8 Å². The van der Waals surface area contributed by atoms with Gasteiger partial charge >= 0.3 is 6.03 Å². The maximum absolute atomic E-state index is 12.8. The van der Waals surface area contributed by atoms with E-state index in [1.54, 1.807) is 0 Å². The summed E-state index contributed by atoms with van der Waals surface area (Å²) in [6.07, 6.45) is 8.31. The van der Waals surface area contributed by atoms with Crippen LogP contribution in [0, 0.1) is 6.92 Å². The Labute approximate surface area is 189 Å². The van der Waals surface area contributed by atoms with Crippen molar-refractivity contribution >= 4 is 17.6 Å². The highest BCUT2D eigenvalue weighted by Gasteiger charge is 2.30. The summed E-state index contributed by atoms with van der Waals surface area (Å²) in [5.41, 5.74) is 4.10. The molecule has 1 aliphatic carbocycles. The predicted molar refractivity (Wildman–Crippen MR) is 122 cm³/mol. The molecule has 1 aromatic carbocycles. The molecule has 0 bridgehead atoms. The number of nitrogens with one attached hydrogen (secondary N) is 1. The van der Waals surface area contributed by atoms with Gasteiger partial charge in [0.05, 0.1) is 0 Å². The van der Waals surface area contributed by atoms with Crippen LogP contribution in [0.25, 0.3) is 0 Å². The van der Waals surface area contributed by atoms with E-state index in [0.717, 1.165) is 57.3 Å². The second kappa shape index (κ2) is 8.96. The minimum Gasteiger partial charge on any atom is -0.445 e. The Hall–Kier alpha value is -2.83. The molecule has 7 heteroatoms. The fourth-order valence-corrected chi connectivity index (χ4v) is 5.22. The van der Waals surface area contributed by atoms with Crippen molar-refractivity contribution in [3.63, 3.8) is 0 Å².